The molecule has 1 aliphatic rings. The van der Waals surface area contributed by atoms with Crippen LogP contribution in [0.3, 0.4) is 0 Å². The van der Waals surface area contributed by atoms with Gasteiger partial charge in [0.25, 0.3) is 0 Å². The average Bonchev–Trinajstić information content (AvgIpc) is 2.73. The number of amides is 1. The maximum absolute atomic E-state index is 11.6. The number of carbonyl (C=O) groups excluding carboxylic acids is 1. The number of hydrogen-bond donors (Lipinski definition) is 4. The Bertz CT molecular complexity index is 1010. The summed E-state index contributed by atoms with van der Waals surface area (Å²) < 4.78 is 42.8. The molecular weight excluding hydrogens is 519 g/mol. The molecule has 0 fully saturated rings. The third kappa shape index (κ3) is 12.6. The fourth-order valence-corrected chi connectivity index (χ4v) is 5.67. The van der Waals surface area contributed by atoms with Crippen LogP contribution in [0.2, 0.25) is 0 Å². The summed E-state index contributed by atoms with van der Waals surface area (Å²) in [7, 11) is -8.72. The molecule has 13 heteroatoms. The predicted octanol–water partition coefficient (Wildman–Crippen LogP) is 3.74. The third-order valence-corrected chi connectivity index (χ3v) is 8.06. The van der Waals surface area contributed by atoms with Crippen LogP contribution in [-0.4, -0.2) is 53.8 Å². The molecule has 10 N–H and O–H groups in total. The lowest BCUT2D eigenvalue weighted by atomic mass is 9.79. The molecule has 11 nitrogen and oxygen atoms in total. The molecule has 0 spiro atoms. The van der Waals surface area contributed by atoms with E-state index >= 15 is 0 Å². The van der Waals surface area contributed by atoms with E-state index in [1.54, 1.807) is 18.2 Å². The largest absolute Gasteiger partial charge is 0.775 e. The van der Waals surface area contributed by atoms with Crippen molar-refractivity contribution in [3.05, 3.63) is 41.2 Å². The van der Waals surface area contributed by atoms with E-state index in [0.717, 1.165) is 25.1 Å². The van der Waals surface area contributed by atoms with Crippen LogP contribution in [0.5, 0.6) is 0 Å². The quantitative estimate of drug-likeness (QED) is 0.254. The van der Waals surface area contributed by atoms with Gasteiger partial charge in [0.2, 0.25) is 5.91 Å². The monoisotopic (exact) mass is 566 g/mol. The fraction of sp³-hybridized carbons (Fsp3) is 0.625. The van der Waals surface area contributed by atoms with Gasteiger partial charge in [-0.25, -0.2) is 8.42 Å². The lowest BCUT2D eigenvalue weighted by molar-refractivity contribution is -0.191. The van der Waals surface area contributed by atoms with Gasteiger partial charge in [-0.3, -0.25) is 4.79 Å². The number of hydrogen-bond acceptors (Lipinski definition) is 7. The van der Waals surface area contributed by atoms with Crippen molar-refractivity contribution in [2.75, 3.05) is 13.1 Å². The maximum atomic E-state index is 11.6. The van der Waals surface area contributed by atoms with Crippen molar-refractivity contribution < 1.29 is 32.1 Å². The van der Waals surface area contributed by atoms with Crippen molar-refractivity contribution in [2.24, 2.45) is 11.8 Å². The van der Waals surface area contributed by atoms with E-state index in [0.29, 0.717) is 18.8 Å². The minimum absolute atomic E-state index is 0. The minimum atomic E-state index is -4.45. The third-order valence-electron chi connectivity index (χ3n) is 6.12. The number of nitrogens with one attached hydrogen (secondary N) is 1. The van der Waals surface area contributed by atoms with Crippen molar-refractivity contribution in [1.29, 1.82) is 0 Å². The smallest absolute Gasteiger partial charge is 0.217 e. The lowest BCUT2D eigenvalue weighted by Crippen LogP contribution is -2.51. The van der Waals surface area contributed by atoms with E-state index in [1.165, 1.54) is 19.1 Å². The molecular formula is C24H47N4O7PS. The maximum Gasteiger partial charge on any atom is 0.217 e. The van der Waals surface area contributed by atoms with Crippen molar-refractivity contribution in [1.82, 2.24) is 22.5 Å². The number of quaternary nitrogens is 2. The second-order valence-corrected chi connectivity index (χ2v) is 12.3. The van der Waals surface area contributed by atoms with Gasteiger partial charge in [-0.2, -0.15) is 0 Å². The second kappa shape index (κ2) is 16.4. The Balaban J connectivity index is 0. The number of allylic oxidation sites excluding steroid dienone is 1. The van der Waals surface area contributed by atoms with Crippen LogP contribution in [0.1, 0.15) is 59.4 Å². The van der Waals surface area contributed by atoms with Crippen LogP contribution in [0.15, 0.2) is 40.6 Å². The van der Waals surface area contributed by atoms with Crippen LogP contribution < -0.4 is 22.5 Å². The van der Waals surface area contributed by atoms with Crippen LogP contribution in [-0.2, 0) is 19.5 Å². The minimum Gasteiger partial charge on any atom is -0.775 e. The number of benzene rings is 1. The first kappa shape index (κ1) is 37.5. The molecule has 1 aromatic rings. The summed E-state index contributed by atoms with van der Waals surface area (Å²) in [6.45, 7) is 13.3. The van der Waals surface area contributed by atoms with Crippen molar-refractivity contribution in [3.63, 3.8) is 0 Å². The fourth-order valence-electron chi connectivity index (χ4n) is 4.45. The van der Waals surface area contributed by atoms with Gasteiger partial charge in [0.1, 0.15) is 10.1 Å². The van der Waals surface area contributed by atoms with E-state index < -0.39 is 17.7 Å². The molecule has 1 aromatic carbocycles. The van der Waals surface area contributed by atoms with E-state index in [4.69, 9.17) is 0 Å². The Morgan fingerprint density at radius 3 is 2.08 bits per heavy atom. The van der Waals surface area contributed by atoms with Crippen LogP contribution in [0, 0.1) is 18.8 Å². The summed E-state index contributed by atoms with van der Waals surface area (Å²) in [5.41, 5.74) is 0.928. The number of aryl methyl sites for hydroxylation is 1. The molecule has 0 bridgehead atoms. The highest BCUT2D eigenvalue weighted by molar-refractivity contribution is 7.85. The SMILES string of the molecule is CCN(CC)[C@H]1CC(P(=O)([O-])O)=CC[C@H]1[C@H](CC(C)C)NC(C)=O.Cc1ccc(S(=O)(=O)[O-])cc1.[NH4+].[NH4+]. The average molecular weight is 567 g/mol. The summed E-state index contributed by atoms with van der Waals surface area (Å²) in [4.78, 5) is 34.7. The number of nitrogens with zero attached hydrogens (tertiary/aromatic N) is 1. The number of rotatable bonds is 9. The molecule has 1 unspecified atom stereocenters. The summed E-state index contributed by atoms with van der Waals surface area (Å²) in [6, 6.07) is 5.77. The van der Waals surface area contributed by atoms with Crippen molar-refractivity contribution in [2.45, 2.75) is 77.8 Å². The van der Waals surface area contributed by atoms with Gasteiger partial charge in [-0.15, -0.1) is 0 Å². The standard InChI is InChI=1S/C17H33N2O4P.C7H8O3S.2H3N/c1-6-19(7-2)17-11-14(24(21,22)23)8-9-15(17)16(10-12(3)4)18-13(5)20;1-6-2-4-7(5-3-6)11(8,9)10;;/h8,12,15-17H,6-7,9-11H2,1-5H3,(H,18,20)(H2,21,22,23);2-5H,1H3,(H,8,9,10);2*1H3/t15-,16-,17-;;;/m0.../s1. The Labute approximate surface area is 222 Å². The highest BCUT2D eigenvalue weighted by Crippen LogP contribution is 2.48. The van der Waals surface area contributed by atoms with E-state index in [2.05, 4.69) is 24.1 Å². The normalized spacial score (nSPS) is 19.8. The predicted molar refractivity (Wildman–Crippen MR) is 146 cm³/mol. The van der Waals surface area contributed by atoms with Gasteiger partial charge in [-0.1, -0.05) is 51.5 Å². The first-order valence-corrected chi connectivity index (χ1v) is 14.9. The van der Waals surface area contributed by atoms with Crippen LogP contribution >= 0.6 is 7.60 Å². The molecule has 216 valence electrons. The summed E-state index contributed by atoms with van der Waals surface area (Å²) in [5.74, 6) is 0.491. The summed E-state index contributed by atoms with van der Waals surface area (Å²) in [5, 5.41) is 3.19. The summed E-state index contributed by atoms with van der Waals surface area (Å²) in [6.07, 6.45) is 3.33. The van der Waals surface area contributed by atoms with Crippen LogP contribution in [0.4, 0.5) is 0 Å². The van der Waals surface area contributed by atoms with E-state index in [9.17, 15) is 32.1 Å². The highest BCUT2D eigenvalue weighted by atomic mass is 32.2. The highest BCUT2D eigenvalue weighted by Gasteiger charge is 2.37. The topological polar surface area (TPSA) is 223 Å². The Morgan fingerprint density at radius 1 is 1.19 bits per heavy atom. The molecule has 0 radical (unpaired) electrons. The number of carbonyl (C=O) groups is 1. The van der Waals surface area contributed by atoms with Crippen molar-refractivity contribution >= 4 is 23.6 Å². The Hall–Kier alpha value is -1.63. The molecule has 0 saturated carbocycles. The van der Waals surface area contributed by atoms with E-state index in [1.807, 2.05) is 20.8 Å². The van der Waals surface area contributed by atoms with Gasteiger partial charge in [0.05, 0.1) is 4.90 Å². The van der Waals surface area contributed by atoms with Crippen molar-refractivity contribution in [3.8, 4) is 0 Å². The van der Waals surface area contributed by atoms with Gasteiger partial charge in [0.15, 0.2) is 7.60 Å². The molecule has 0 heterocycles. The zero-order valence-corrected chi connectivity index (χ0v) is 25.1. The molecule has 1 aliphatic carbocycles. The first-order chi connectivity index (χ1) is 16.1. The second-order valence-electron chi connectivity index (χ2n) is 9.31. The molecule has 2 rings (SSSR count). The molecule has 37 heavy (non-hydrogen) atoms. The van der Waals surface area contributed by atoms with Gasteiger partial charge in [-0.05, 0) is 68.6 Å². The zero-order chi connectivity index (χ0) is 27.0. The van der Waals surface area contributed by atoms with E-state index in [-0.39, 0.29) is 46.4 Å². The molecule has 0 saturated heterocycles. The summed E-state index contributed by atoms with van der Waals surface area (Å²) >= 11 is 0. The van der Waals surface area contributed by atoms with Gasteiger partial charge >= 0.3 is 0 Å². The lowest BCUT2D eigenvalue weighted by Gasteiger charge is -2.44. The van der Waals surface area contributed by atoms with Crippen LogP contribution in [0.25, 0.3) is 0 Å². The molecule has 0 aromatic heterocycles. The zero-order valence-electron chi connectivity index (χ0n) is 23.4. The Morgan fingerprint density at radius 2 is 1.70 bits per heavy atom. The van der Waals surface area contributed by atoms with Gasteiger partial charge < -0.3 is 41.4 Å². The molecule has 1 amide bonds. The molecule has 0 aliphatic heterocycles. The molecule has 4 atom stereocenters. The van der Waals surface area contributed by atoms with Gasteiger partial charge in [0, 0.05) is 19.0 Å². The first-order valence-electron chi connectivity index (χ1n) is 11.9. The Kier molecular flexibility index (Phi) is 16.6.